The van der Waals surface area contributed by atoms with Gasteiger partial charge in [-0.15, -0.1) is 0 Å². The zero-order chi connectivity index (χ0) is 15.3. The number of hydrogen-bond donors (Lipinski definition) is 2. The first kappa shape index (κ1) is 17.5. The zero-order valence-corrected chi connectivity index (χ0v) is 13.3. The van der Waals surface area contributed by atoms with E-state index in [1.165, 1.54) is 26.4 Å². The summed E-state index contributed by atoms with van der Waals surface area (Å²) in [5.41, 5.74) is 5.64. The van der Waals surface area contributed by atoms with Gasteiger partial charge < -0.3 is 15.2 Å². The van der Waals surface area contributed by atoms with Gasteiger partial charge in [0.2, 0.25) is 10.0 Å². The number of anilines is 1. The largest absolute Gasteiger partial charge is 0.398 e. The molecule has 1 aromatic carbocycles. The number of benzene rings is 1. The first-order chi connectivity index (χ1) is 9.31. The fourth-order valence-corrected chi connectivity index (χ4v) is 3.58. The summed E-state index contributed by atoms with van der Waals surface area (Å²) >= 11 is 11.6. The van der Waals surface area contributed by atoms with Crippen molar-refractivity contribution in [2.75, 3.05) is 33.1 Å². The molecule has 0 fully saturated rings. The summed E-state index contributed by atoms with van der Waals surface area (Å²) in [4.78, 5) is -0.198. The van der Waals surface area contributed by atoms with E-state index in [9.17, 15) is 8.42 Å². The molecule has 1 rings (SSSR count). The first-order valence-electron chi connectivity index (χ1n) is 5.57. The van der Waals surface area contributed by atoms with Gasteiger partial charge in [-0.2, -0.15) is 0 Å². The second-order valence-electron chi connectivity index (χ2n) is 3.97. The molecule has 0 aliphatic carbocycles. The van der Waals surface area contributed by atoms with Gasteiger partial charge in [0.1, 0.15) is 4.90 Å². The van der Waals surface area contributed by atoms with Crippen molar-refractivity contribution in [2.45, 2.75) is 11.0 Å². The van der Waals surface area contributed by atoms with Gasteiger partial charge in [0.25, 0.3) is 0 Å². The van der Waals surface area contributed by atoms with E-state index in [-0.39, 0.29) is 33.8 Å². The third-order valence-electron chi connectivity index (χ3n) is 2.49. The minimum Gasteiger partial charge on any atom is -0.398 e. The van der Waals surface area contributed by atoms with E-state index in [0.29, 0.717) is 0 Å². The van der Waals surface area contributed by atoms with E-state index in [0.717, 1.165) is 0 Å². The van der Waals surface area contributed by atoms with E-state index < -0.39 is 16.1 Å². The number of hydrogen-bond acceptors (Lipinski definition) is 5. The van der Waals surface area contributed by atoms with Gasteiger partial charge in [0, 0.05) is 25.8 Å². The first-order valence-corrected chi connectivity index (χ1v) is 7.81. The minimum absolute atomic E-state index is 0.0179. The second kappa shape index (κ2) is 7.44. The summed E-state index contributed by atoms with van der Waals surface area (Å²) in [6, 6.07) is 2.64. The van der Waals surface area contributed by atoms with Crippen molar-refractivity contribution in [2.24, 2.45) is 0 Å². The fourth-order valence-electron chi connectivity index (χ4n) is 1.53. The molecule has 1 unspecified atom stereocenters. The predicted molar refractivity (Wildman–Crippen MR) is 78.7 cm³/mol. The van der Waals surface area contributed by atoms with Crippen LogP contribution in [0, 0.1) is 0 Å². The van der Waals surface area contributed by atoms with Gasteiger partial charge >= 0.3 is 0 Å². The SMILES string of the molecule is COCC(CNS(=O)(=O)c1c(N)cc(Cl)cc1Cl)OC. The third kappa shape index (κ3) is 4.47. The molecule has 0 saturated carbocycles. The van der Waals surface area contributed by atoms with E-state index in [2.05, 4.69) is 4.72 Å². The van der Waals surface area contributed by atoms with Gasteiger partial charge in [0.05, 0.1) is 23.4 Å². The van der Waals surface area contributed by atoms with Crippen LogP contribution in [0.15, 0.2) is 17.0 Å². The van der Waals surface area contributed by atoms with E-state index in [4.69, 9.17) is 38.4 Å². The Hall–Kier alpha value is -0.570. The monoisotopic (exact) mass is 342 g/mol. The normalized spacial score (nSPS) is 13.4. The second-order valence-corrected chi connectivity index (χ2v) is 6.52. The van der Waals surface area contributed by atoms with Crippen LogP contribution in [0.1, 0.15) is 0 Å². The van der Waals surface area contributed by atoms with E-state index in [1.807, 2.05) is 0 Å². The van der Waals surface area contributed by atoms with Crippen LogP contribution in [0.3, 0.4) is 0 Å². The van der Waals surface area contributed by atoms with E-state index >= 15 is 0 Å². The average molecular weight is 343 g/mol. The number of sulfonamides is 1. The molecule has 9 heteroatoms. The number of rotatable bonds is 7. The highest BCUT2D eigenvalue weighted by Gasteiger charge is 2.23. The zero-order valence-electron chi connectivity index (χ0n) is 11.0. The molecule has 0 radical (unpaired) electrons. The Labute approximate surface area is 128 Å². The molecule has 1 aromatic rings. The molecule has 1 atom stereocenters. The number of nitrogen functional groups attached to an aromatic ring is 1. The summed E-state index contributed by atoms with van der Waals surface area (Å²) in [5, 5.41) is 0.226. The van der Waals surface area contributed by atoms with Crippen molar-refractivity contribution >= 4 is 38.9 Å². The van der Waals surface area contributed by atoms with Crippen LogP contribution in [0.5, 0.6) is 0 Å². The van der Waals surface area contributed by atoms with Crippen LogP contribution >= 0.6 is 23.2 Å². The number of nitrogens with one attached hydrogen (secondary N) is 1. The van der Waals surface area contributed by atoms with Crippen molar-refractivity contribution in [1.29, 1.82) is 0 Å². The lowest BCUT2D eigenvalue weighted by Gasteiger charge is -2.16. The molecule has 6 nitrogen and oxygen atoms in total. The number of halogens is 2. The Morgan fingerprint density at radius 3 is 2.50 bits per heavy atom. The van der Waals surface area contributed by atoms with Crippen molar-refractivity contribution in [1.82, 2.24) is 4.72 Å². The van der Waals surface area contributed by atoms with Crippen LogP contribution in [0.4, 0.5) is 5.69 Å². The summed E-state index contributed by atoms with van der Waals surface area (Å²) in [6.07, 6.45) is -0.415. The van der Waals surface area contributed by atoms with Crippen LogP contribution in [0.2, 0.25) is 10.0 Å². The Bertz CT molecular complexity index is 543. The van der Waals surface area contributed by atoms with Crippen molar-refractivity contribution in [3.63, 3.8) is 0 Å². The Kier molecular flexibility index (Phi) is 6.50. The van der Waals surface area contributed by atoms with Gasteiger partial charge in [-0.3, -0.25) is 0 Å². The topological polar surface area (TPSA) is 90.7 Å². The van der Waals surface area contributed by atoms with Crippen LogP contribution < -0.4 is 10.5 Å². The maximum Gasteiger partial charge on any atom is 0.244 e. The molecule has 0 aromatic heterocycles. The lowest BCUT2D eigenvalue weighted by atomic mass is 10.3. The highest BCUT2D eigenvalue weighted by atomic mass is 35.5. The fraction of sp³-hybridized carbons (Fsp3) is 0.455. The van der Waals surface area contributed by atoms with Crippen LogP contribution in [0.25, 0.3) is 0 Å². The molecule has 0 saturated heterocycles. The van der Waals surface area contributed by atoms with Gasteiger partial charge in [-0.25, -0.2) is 13.1 Å². The van der Waals surface area contributed by atoms with Gasteiger partial charge in [-0.1, -0.05) is 23.2 Å². The Morgan fingerprint density at radius 1 is 1.35 bits per heavy atom. The van der Waals surface area contributed by atoms with Gasteiger partial charge in [0.15, 0.2) is 0 Å². The van der Waals surface area contributed by atoms with E-state index in [1.54, 1.807) is 0 Å². The minimum atomic E-state index is -3.86. The summed E-state index contributed by atoms with van der Waals surface area (Å²) in [5.74, 6) is 0. The third-order valence-corrected chi connectivity index (χ3v) is 4.66. The maximum absolute atomic E-state index is 12.2. The summed E-state index contributed by atoms with van der Waals surface area (Å²) in [7, 11) is -0.908. The van der Waals surface area contributed by atoms with Crippen LogP contribution in [-0.4, -0.2) is 41.9 Å². The molecule has 0 heterocycles. The van der Waals surface area contributed by atoms with Crippen molar-refractivity contribution < 1.29 is 17.9 Å². The highest BCUT2D eigenvalue weighted by molar-refractivity contribution is 7.89. The maximum atomic E-state index is 12.2. The lowest BCUT2D eigenvalue weighted by Crippen LogP contribution is -2.36. The molecule has 3 N–H and O–H groups in total. The highest BCUT2D eigenvalue weighted by Crippen LogP contribution is 2.30. The molecule has 114 valence electrons. The molecule has 0 amide bonds. The molecule has 0 bridgehead atoms. The molecule has 0 spiro atoms. The van der Waals surface area contributed by atoms with Crippen LogP contribution in [-0.2, 0) is 19.5 Å². The predicted octanol–water partition coefficient (Wildman–Crippen LogP) is 1.52. The number of ether oxygens (including phenoxy) is 2. The Morgan fingerprint density at radius 2 is 2.00 bits per heavy atom. The average Bonchev–Trinajstić information content (AvgIpc) is 2.32. The van der Waals surface area contributed by atoms with Crippen molar-refractivity contribution in [3.8, 4) is 0 Å². The molecular formula is C11H16Cl2N2O4S. The summed E-state index contributed by atoms with van der Waals surface area (Å²) in [6.45, 7) is 0.286. The number of methoxy groups -OCH3 is 2. The smallest absolute Gasteiger partial charge is 0.244 e. The standard InChI is InChI=1S/C11H16Cl2N2O4S/c1-18-6-8(19-2)5-15-20(16,17)11-9(13)3-7(12)4-10(11)14/h3-4,8,15H,5-6,14H2,1-2H3. The number of nitrogens with two attached hydrogens (primary N) is 1. The molecule has 20 heavy (non-hydrogen) atoms. The Balaban J connectivity index is 2.95. The molecular weight excluding hydrogens is 327 g/mol. The summed E-state index contributed by atoms with van der Waals surface area (Å²) < 4.78 is 36.7. The quantitative estimate of drug-likeness (QED) is 0.733. The van der Waals surface area contributed by atoms with Crippen molar-refractivity contribution in [3.05, 3.63) is 22.2 Å². The van der Waals surface area contributed by atoms with Gasteiger partial charge in [-0.05, 0) is 12.1 Å². The molecule has 0 aliphatic rings. The molecule has 0 aliphatic heterocycles. The lowest BCUT2D eigenvalue weighted by molar-refractivity contribution is 0.0320.